The van der Waals surface area contributed by atoms with Crippen molar-refractivity contribution in [1.29, 1.82) is 0 Å². The molecule has 0 spiro atoms. The maximum Gasteiger partial charge on any atom is 0.258 e. The number of carbonyl (C=O) groups is 1. The van der Waals surface area contributed by atoms with Crippen molar-refractivity contribution in [2.75, 3.05) is 13.7 Å². The van der Waals surface area contributed by atoms with Gasteiger partial charge in [0.15, 0.2) is 18.1 Å². The van der Waals surface area contributed by atoms with Gasteiger partial charge in [-0.25, -0.2) is 0 Å². The highest BCUT2D eigenvalue weighted by Gasteiger charge is 2.53. The van der Waals surface area contributed by atoms with Crippen LogP contribution in [0.5, 0.6) is 11.5 Å². The molecule has 0 heterocycles. The predicted octanol–water partition coefficient (Wildman–Crippen LogP) is 3.80. The van der Waals surface area contributed by atoms with Gasteiger partial charge in [0, 0.05) is 6.04 Å². The fourth-order valence-electron chi connectivity index (χ4n) is 6.03. The summed E-state index contributed by atoms with van der Waals surface area (Å²) in [5.74, 6) is 3.93. The van der Waals surface area contributed by atoms with E-state index in [9.17, 15) is 4.79 Å². The van der Waals surface area contributed by atoms with Crippen LogP contribution in [0.4, 0.5) is 0 Å². The Hall–Kier alpha value is -1.71. The highest BCUT2D eigenvalue weighted by Crippen LogP contribution is 2.61. The zero-order valence-electron chi connectivity index (χ0n) is 15.3. The Balaban J connectivity index is 1.35. The molecule has 4 aliphatic carbocycles. The number of nitrogens with one attached hydrogen (secondary N) is 1. The van der Waals surface area contributed by atoms with Crippen LogP contribution in [0.1, 0.15) is 45.4 Å². The molecule has 4 saturated carbocycles. The number of rotatable bonds is 6. The van der Waals surface area contributed by atoms with E-state index >= 15 is 0 Å². The molecule has 4 aliphatic rings. The Labute approximate surface area is 150 Å². The van der Waals surface area contributed by atoms with Crippen molar-refractivity contribution in [2.24, 2.45) is 23.2 Å². The van der Waals surface area contributed by atoms with Crippen molar-refractivity contribution in [1.82, 2.24) is 5.32 Å². The van der Waals surface area contributed by atoms with Crippen LogP contribution in [-0.2, 0) is 4.79 Å². The minimum Gasteiger partial charge on any atom is -0.493 e. The maximum absolute atomic E-state index is 12.4. The van der Waals surface area contributed by atoms with Crippen LogP contribution in [0, 0.1) is 23.2 Å². The van der Waals surface area contributed by atoms with Gasteiger partial charge in [-0.05, 0) is 80.8 Å². The summed E-state index contributed by atoms with van der Waals surface area (Å²) in [5.41, 5.74) is 0.328. The summed E-state index contributed by atoms with van der Waals surface area (Å²) in [6, 6.07) is 7.67. The van der Waals surface area contributed by atoms with Crippen LogP contribution in [0.3, 0.4) is 0 Å². The SMILES string of the molecule is COc1ccccc1OCC(=O)NC(C)C12CC3CC(CC(C3)C1)C2. The van der Waals surface area contributed by atoms with E-state index in [-0.39, 0.29) is 18.6 Å². The summed E-state index contributed by atoms with van der Waals surface area (Å²) in [6.07, 6.45) is 8.18. The third kappa shape index (κ3) is 3.23. The lowest BCUT2D eigenvalue weighted by Crippen LogP contribution is -2.56. The highest BCUT2D eigenvalue weighted by molar-refractivity contribution is 5.78. The fraction of sp³-hybridized carbons (Fsp3) is 0.667. The van der Waals surface area contributed by atoms with E-state index in [2.05, 4.69) is 12.2 Å². The van der Waals surface area contributed by atoms with Crippen molar-refractivity contribution >= 4 is 5.91 Å². The summed E-state index contributed by atoms with van der Waals surface area (Å²) in [5, 5.41) is 3.24. The van der Waals surface area contributed by atoms with Crippen LogP contribution >= 0.6 is 0 Å². The molecular formula is C21H29NO3. The first-order valence-corrected chi connectivity index (χ1v) is 9.63. The van der Waals surface area contributed by atoms with Crippen LogP contribution in [0.2, 0.25) is 0 Å². The van der Waals surface area contributed by atoms with Crippen molar-refractivity contribution < 1.29 is 14.3 Å². The van der Waals surface area contributed by atoms with Crippen molar-refractivity contribution in [3.05, 3.63) is 24.3 Å². The maximum atomic E-state index is 12.4. The monoisotopic (exact) mass is 343 g/mol. The lowest BCUT2D eigenvalue weighted by molar-refractivity contribution is -0.127. The molecule has 0 aliphatic heterocycles. The number of hydrogen-bond donors (Lipinski definition) is 1. The Morgan fingerprint density at radius 2 is 1.68 bits per heavy atom. The molecule has 4 nitrogen and oxygen atoms in total. The van der Waals surface area contributed by atoms with Crippen LogP contribution in [0.15, 0.2) is 24.3 Å². The third-order valence-electron chi connectivity index (χ3n) is 6.81. The second-order valence-electron chi connectivity index (χ2n) is 8.51. The molecule has 4 heteroatoms. The first-order valence-electron chi connectivity index (χ1n) is 9.63. The Kier molecular flexibility index (Phi) is 4.38. The van der Waals surface area contributed by atoms with Crippen molar-refractivity contribution in [2.45, 2.75) is 51.5 Å². The summed E-state index contributed by atoms with van der Waals surface area (Å²) in [6.45, 7) is 2.24. The summed E-state index contributed by atoms with van der Waals surface area (Å²) < 4.78 is 10.9. The quantitative estimate of drug-likeness (QED) is 0.855. The molecule has 0 radical (unpaired) electrons. The molecule has 1 aromatic carbocycles. The highest BCUT2D eigenvalue weighted by atomic mass is 16.5. The lowest BCUT2D eigenvalue weighted by atomic mass is 9.48. The normalized spacial score (nSPS) is 33.8. The molecular weight excluding hydrogens is 314 g/mol. The Bertz CT molecular complexity index is 606. The fourth-order valence-corrected chi connectivity index (χ4v) is 6.03. The minimum atomic E-state index is -0.0332. The van der Waals surface area contributed by atoms with Gasteiger partial charge in [-0.2, -0.15) is 0 Å². The van der Waals surface area contributed by atoms with Crippen molar-refractivity contribution in [3.63, 3.8) is 0 Å². The first-order chi connectivity index (χ1) is 12.1. The topological polar surface area (TPSA) is 47.6 Å². The summed E-state index contributed by atoms with van der Waals surface area (Å²) >= 11 is 0. The van der Waals surface area contributed by atoms with Gasteiger partial charge in [0.2, 0.25) is 0 Å². The van der Waals surface area contributed by atoms with Gasteiger partial charge in [0.05, 0.1) is 7.11 Å². The molecule has 1 unspecified atom stereocenters. The minimum absolute atomic E-state index is 0.0332. The number of amides is 1. The predicted molar refractivity (Wildman–Crippen MR) is 96.7 cm³/mol. The Morgan fingerprint density at radius 3 is 2.24 bits per heavy atom. The zero-order valence-corrected chi connectivity index (χ0v) is 15.3. The average Bonchev–Trinajstić information content (AvgIpc) is 2.59. The molecule has 4 fully saturated rings. The Morgan fingerprint density at radius 1 is 1.12 bits per heavy atom. The van der Waals surface area contributed by atoms with E-state index in [4.69, 9.17) is 9.47 Å². The molecule has 0 saturated heterocycles. The third-order valence-corrected chi connectivity index (χ3v) is 6.81. The molecule has 5 rings (SSSR count). The molecule has 0 aromatic heterocycles. The zero-order chi connectivity index (χ0) is 17.4. The summed E-state index contributed by atoms with van der Waals surface area (Å²) in [4.78, 5) is 12.4. The number of methoxy groups -OCH3 is 1. The molecule has 25 heavy (non-hydrogen) atoms. The molecule has 4 bridgehead atoms. The molecule has 1 N–H and O–H groups in total. The molecule has 1 atom stereocenters. The molecule has 1 amide bonds. The number of para-hydroxylation sites is 2. The number of hydrogen-bond acceptors (Lipinski definition) is 3. The van der Waals surface area contributed by atoms with Gasteiger partial charge in [0.1, 0.15) is 0 Å². The van der Waals surface area contributed by atoms with Gasteiger partial charge in [-0.15, -0.1) is 0 Å². The number of carbonyl (C=O) groups excluding carboxylic acids is 1. The van der Waals surface area contributed by atoms with Gasteiger partial charge in [-0.1, -0.05) is 12.1 Å². The lowest BCUT2D eigenvalue weighted by Gasteiger charge is -2.59. The van der Waals surface area contributed by atoms with Gasteiger partial charge in [0.25, 0.3) is 5.91 Å². The van der Waals surface area contributed by atoms with E-state index < -0.39 is 0 Å². The largest absolute Gasteiger partial charge is 0.493 e. The molecule has 136 valence electrons. The van der Waals surface area contributed by atoms with E-state index in [1.54, 1.807) is 7.11 Å². The standard InChI is InChI=1S/C21H29NO3/c1-14(21-10-15-7-16(11-21)9-17(8-15)12-21)22-20(23)13-25-19-6-4-3-5-18(19)24-2/h3-6,14-17H,7-13H2,1-2H3,(H,22,23). The second-order valence-corrected chi connectivity index (χ2v) is 8.51. The van der Waals surface area contributed by atoms with Gasteiger partial charge >= 0.3 is 0 Å². The van der Waals surface area contributed by atoms with E-state index in [0.717, 1.165) is 17.8 Å². The van der Waals surface area contributed by atoms with E-state index in [1.807, 2.05) is 24.3 Å². The second kappa shape index (κ2) is 6.54. The first kappa shape index (κ1) is 16.7. The van der Waals surface area contributed by atoms with Crippen LogP contribution < -0.4 is 14.8 Å². The summed E-state index contributed by atoms with van der Waals surface area (Å²) in [7, 11) is 1.61. The average molecular weight is 343 g/mol. The smallest absolute Gasteiger partial charge is 0.258 e. The number of ether oxygens (including phenoxy) is 2. The van der Waals surface area contributed by atoms with Gasteiger partial charge in [-0.3, -0.25) is 4.79 Å². The van der Waals surface area contributed by atoms with Crippen LogP contribution in [0.25, 0.3) is 0 Å². The van der Waals surface area contributed by atoms with E-state index in [0.29, 0.717) is 16.9 Å². The molecule has 1 aromatic rings. The number of benzene rings is 1. The van der Waals surface area contributed by atoms with Gasteiger partial charge < -0.3 is 14.8 Å². The van der Waals surface area contributed by atoms with Crippen LogP contribution in [-0.4, -0.2) is 25.7 Å². The van der Waals surface area contributed by atoms with E-state index in [1.165, 1.54) is 38.5 Å². The van der Waals surface area contributed by atoms with Crippen molar-refractivity contribution in [3.8, 4) is 11.5 Å².